The fourth-order valence-electron chi connectivity index (χ4n) is 1.93. The van der Waals surface area contributed by atoms with Crippen molar-refractivity contribution >= 4 is 20.8 Å². The number of hydrogen-bond acceptors (Lipinski definition) is 5. The summed E-state index contributed by atoms with van der Waals surface area (Å²) in [5.41, 5.74) is -0.0667. The molecule has 0 amide bonds. The van der Waals surface area contributed by atoms with Crippen LogP contribution in [0.5, 0.6) is 0 Å². The van der Waals surface area contributed by atoms with Gasteiger partial charge in [0, 0.05) is 40.9 Å². The molecule has 0 spiro atoms. The van der Waals surface area contributed by atoms with Gasteiger partial charge in [0.15, 0.2) is 0 Å². The monoisotopic (exact) mass is 334 g/mol. The van der Waals surface area contributed by atoms with Gasteiger partial charge in [0.05, 0.1) is 6.54 Å². The van der Waals surface area contributed by atoms with E-state index in [4.69, 9.17) is 4.42 Å². The predicted octanol–water partition coefficient (Wildman–Crippen LogP) is 0.921. The van der Waals surface area contributed by atoms with Crippen LogP contribution in [0.3, 0.4) is 0 Å². The molecule has 0 bridgehead atoms. The number of nitrogens with one attached hydrogen (secondary N) is 1. The molecule has 1 saturated heterocycles. The molecule has 8 heteroatoms. The zero-order valence-electron chi connectivity index (χ0n) is 12.6. The minimum atomic E-state index is -3.61. The predicted molar refractivity (Wildman–Crippen MR) is 81.9 cm³/mol. The molecule has 1 aliphatic rings. The van der Waals surface area contributed by atoms with E-state index in [0.717, 1.165) is 0 Å². The van der Waals surface area contributed by atoms with Gasteiger partial charge in [-0.3, -0.25) is 4.21 Å². The number of furan rings is 1. The Bertz CT molecular complexity index is 606. The Balaban J connectivity index is 2.07. The largest absolute Gasteiger partial charge is 0.447 e. The van der Waals surface area contributed by atoms with Gasteiger partial charge in [-0.1, -0.05) is 0 Å². The molecule has 1 aromatic rings. The van der Waals surface area contributed by atoms with Crippen molar-refractivity contribution in [3.63, 3.8) is 0 Å². The Morgan fingerprint density at radius 1 is 1.29 bits per heavy atom. The fourth-order valence-corrected chi connectivity index (χ4v) is 4.59. The van der Waals surface area contributed by atoms with Crippen molar-refractivity contribution in [3.05, 3.63) is 17.9 Å². The molecule has 1 N–H and O–H groups in total. The molecule has 2 rings (SSSR count). The second-order valence-electron chi connectivity index (χ2n) is 6.08. The van der Waals surface area contributed by atoms with E-state index in [1.165, 1.54) is 10.4 Å². The second kappa shape index (κ2) is 6.20. The van der Waals surface area contributed by atoms with E-state index in [0.29, 0.717) is 23.8 Å². The first-order chi connectivity index (χ1) is 9.68. The van der Waals surface area contributed by atoms with Crippen LogP contribution in [0.4, 0.5) is 0 Å². The van der Waals surface area contributed by atoms with E-state index in [1.54, 1.807) is 6.07 Å². The molecule has 0 saturated carbocycles. The van der Waals surface area contributed by atoms with Crippen LogP contribution in [0, 0.1) is 0 Å². The van der Waals surface area contributed by atoms with Crippen LogP contribution in [0.15, 0.2) is 21.6 Å². The average Bonchev–Trinajstić information content (AvgIpc) is 2.85. The summed E-state index contributed by atoms with van der Waals surface area (Å²) in [5.74, 6) is 1.36. The summed E-state index contributed by atoms with van der Waals surface area (Å²) in [6.07, 6.45) is 0. The number of rotatable bonds is 4. The van der Waals surface area contributed by atoms with Crippen LogP contribution in [0.2, 0.25) is 0 Å². The molecule has 0 radical (unpaired) electrons. The highest BCUT2D eigenvalue weighted by molar-refractivity contribution is 7.89. The zero-order chi connectivity index (χ0) is 15.7. The van der Waals surface area contributed by atoms with Crippen LogP contribution < -0.4 is 5.32 Å². The van der Waals surface area contributed by atoms with Gasteiger partial charge in [-0.25, -0.2) is 8.42 Å². The third kappa shape index (κ3) is 4.38. The molecule has 0 aliphatic carbocycles. The molecule has 1 fully saturated rings. The smallest absolute Gasteiger partial charge is 0.276 e. The highest BCUT2D eigenvalue weighted by Crippen LogP contribution is 2.20. The lowest BCUT2D eigenvalue weighted by Gasteiger charge is -2.24. The Morgan fingerprint density at radius 2 is 1.90 bits per heavy atom. The summed E-state index contributed by atoms with van der Waals surface area (Å²) >= 11 is 0. The van der Waals surface area contributed by atoms with E-state index in [9.17, 15) is 12.6 Å². The molecule has 120 valence electrons. The minimum absolute atomic E-state index is 0.0408. The van der Waals surface area contributed by atoms with E-state index in [2.05, 4.69) is 5.32 Å². The van der Waals surface area contributed by atoms with Crippen molar-refractivity contribution in [2.75, 3.05) is 24.6 Å². The summed E-state index contributed by atoms with van der Waals surface area (Å²) in [6.45, 7) is 7.13. The SMILES string of the molecule is CC(C)(C)NCc1ccc(S(=O)(=O)N2CCS(=O)CC2)o1. The standard InChI is InChI=1S/C13H22N2O4S2/c1-13(2,3)14-10-11-4-5-12(19-11)21(17,18)15-6-8-20(16)9-7-15/h4-5,14H,6-10H2,1-3H3. The van der Waals surface area contributed by atoms with Crippen molar-refractivity contribution in [2.24, 2.45) is 0 Å². The molecule has 21 heavy (non-hydrogen) atoms. The molecule has 1 aromatic heterocycles. The summed E-state index contributed by atoms with van der Waals surface area (Å²) < 4.78 is 43.0. The van der Waals surface area contributed by atoms with Crippen LogP contribution in [-0.2, 0) is 27.4 Å². The van der Waals surface area contributed by atoms with Gasteiger partial charge < -0.3 is 9.73 Å². The molecule has 2 heterocycles. The molecule has 6 nitrogen and oxygen atoms in total. The first-order valence-electron chi connectivity index (χ1n) is 6.87. The first-order valence-corrected chi connectivity index (χ1v) is 9.80. The van der Waals surface area contributed by atoms with Gasteiger partial charge in [-0.05, 0) is 32.9 Å². The maximum absolute atomic E-state index is 12.4. The fraction of sp³-hybridized carbons (Fsp3) is 0.692. The zero-order valence-corrected chi connectivity index (χ0v) is 14.2. The lowest BCUT2D eigenvalue weighted by Crippen LogP contribution is -2.41. The topological polar surface area (TPSA) is 79.6 Å². The first kappa shape index (κ1) is 16.7. The van der Waals surface area contributed by atoms with E-state index >= 15 is 0 Å². The van der Waals surface area contributed by atoms with Gasteiger partial charge in [0.2, 0.25) is 5.09 Å². The van der Waals surface area contributed by atoms with Gasteiger partial charge in [-0.15, -0.1) is 0 Å². The van der Waals surface area contributed by atoms with Crippen LogP contribution in [0.25, 0.3) is 0 Å². The normalized spacial score (nSPS) is 19.0. The number of hydrogen-bond donors (Lipinski definition) is 1. The average molecular weight is 334 g/mol. The number of nitrogens with zero attached hydrogens (tertiary/aromatic N) is 1. The third-order valence-corrected chi connectivity index (χ3v) is 6.21. The quantitative estimate of drug-likeness (QED) is 0.886. The number of sulfonamides is 1. The molecular weight excluding hydrogens is 312 g/mol. The van der Waals surface area contributed by atoms with Crippen molar-refractivity contribution in [2.45, 2.75) is 37.9 Å². The summed E-state index contributed by atoms with van der Waals surface area (Å²) in [5, 5.41) is 3.21. The van der Waals surface area contributed by atoms with E-state index in [1.807, 2.05) is 20.8 Å². The van der Waals surface area contributed by atoms with Crippen molar-refractivity contribution in [3.8, 4) is 0 Å². The summed E-state index contributed by atoms with van der Waals surface area (Å²) in [7, 11) is -4.52. The Labute approximate surface area is 128 Å². The minimum Gasteiger partial charge on any atom is -0.447 e. The molecule has 0 aromatic carbocycles. The highest BCUT2D eigenvalue weighted by Gasteiger charge is 2.30. The molecule has 1 aliphatic heterocycles. The molecule has 0 unspecified atom stereocenters. The van der Waals surface area contributed by atoms with Crippen LogP contribution >= 0.6 is 0 Å². The Kier molecular flexibility index (Phi) is 4.92. The van der Waals surface area contributed by atoms with Crippen molar-refractivity contribution in [1.29, 1.82) is 0 Å². The van der Waals surface area contributed by atoms with E-state index < -0.39 is 20.8 Å². The van der Waals surface area contributed by atoms with Gasteiger partial charge in [0.1, 0.15) is 5.76 Å². The molecular formula is C13H22N2O4S2. The maximum atomic E-state index is 12.4. The van der Waals surface area contributed by atoms with Gasteiger partial charge in [-0.2, -0.15) is 4.31 Å². The maximum Gasteiger partial charge on any atom is 0.276 e. The van der Waals surface area contributed by atoms with Crippen molar-refractivity contribution < 1.29 is 17.0 Å². The Morgan fingerprint density at radius 3 is 2.48 bits per heavy atom. The third-order valence-electron chi connectivity index (χ3n) is 3.16. The Hall–Kier alpha value is -0.700. The van der Waals surface area contributed by atoms with Gasteiger partial charge >= 0.3 is 0 Å². The highest BCUT2D eigenvalue weighted by atomic mass is 32.2. The molecule has 0 atom stereocenters. The lowest BCUT2D eigenvalue weighted by atomic mass is 10.1. The summed E-state index contributed by atoms with van der Waals surface area (Å²) in [6, 6.07) is 3.16. The van der Waals surface area contributed by atoms with Crippen LogP contribution in [-0.4, -0.2) is 47.1 Å². The second-order valence-corrected chi connectivity index (χ2v) is 9.64. The van der Waals surface area contributed by atoms with Crippen molar-refractivity contribution in [1.82, 2.24) is 9.62 Å². The summed E-state index contributed by atoms with van der Waals surface area (Å²) in [4.78, 5) is 0. The van der Waals surface area contributed by atoms with Gasteiger partial charge in [0.25, 0.3) is 10.0 Å². The van der Waals surface area contributed by atoms with Crippen LogP contribution in [0.1, 0.15) is 26.5 Å². The van der Waals surface area contributed by atoms with E-state index in [-0.39, 0.29) is 23.7 Å². The lowest BCUT2D eigenvalue weighted by molar-refractivity contribution is 0.348.